The number of aliphatic hydroxyl groups is 3. The monoisotopic (exact) mass is 197 g/mol. The molecule has 0 bridgehead atoms. The Kier molecular flexibility index (Phi) is 13.5. The summed E-state index contributed by atoms with van der Waals surface area (Å²) in [5, 5.41) is 25.5. The van der Waals surface area contributed by atoms with Gasteiger partial charge in [0.15, 0.2) is 0 Å². The van der Waals surface area contributed by atoms with Crippen LogP contribution in [0.15, 0.2) is 0 Å². The molecule has 0 aliphatic carbocycles. The van der Waals surface area contributed by atoms with E-state index in [1.807, 2.05) is 0 Å². The third-order valence-corrected chi connectivity index (χ3v) is 1.25. The maximum Gasteiger partial charge on any atom is 4.00 e. The van der Waals surface area contributed by atoms with Gasteiger partial charge in [0.2, 0.25) is 0 Å². The van der Waals surface area contributed by atoms with Crippen LogP contribution < -0.4 is 0 Å². The first-order valence-electron chi connectivity index (χ1n) is 3.40. The summed E-state index contributed by atoms with van der Waals surface area (Å²) in [6, 6.07) is 0. The van der Waals surface area contributed by atoms with Gasteiger partial charge in [0.05, 0.1) is 19.8 Å². The number of rotatable bonds is 6. The number of aliphatic hydroxyl groups excluding tert-OH is 3. The summed E-state index contributed by atoms with van der Waals surface area (Å²) in [5.41, 5.74) is 0. The molecular formula is C6H15NO3Ti+4. The van der Waals surface area contributed by atoms with E-state index in [4.69, 9.17) is 15.3 Å². The quantitative estimate of drug-likeness (QED) is 0.442. The second-order valence-electron chi connectivity index (χ2n) is 2.01. The second kappa shape index (κ2) is 10.6. The molecule has 0 aromatic rings. The van der Waals surface area contributed by atoms with Crippen LogP contribution in [0.25, 0.3) is 0 Å². The summed E-state index contributed by atoms with van der Waals surface area (Å²) in [6.45, 7) is 1.75. The molecule has 4 nitrogen and oxygen atoms in total. The van der Waals surface area contributed by atoms with Gasteiger partial charge in [-0.15, -0.1) is 0 Å². The Bertz CT molecular complexity index is 60.6. The van der Waals surface area contributed by atoms with Gasteiger partial charge in [-0.2, -0.15) is 0 Å². The van der Waals surface area contributed by atoms with E-state index in [2.05, 4.69) is 0 Å². The molecule has 11 heavy (non-hydrogen) atoms. The zero-order valence-electron chi connectivity index (χ0n) is 6.53. The SMILES string of the molecule is OCCN(CCO)CCO.[Ti+4]. The number of hydrogen-bond donors (Lipinski definition) is 3. The van der Waals surface area contributed by atoms with Crippen molar-refractivity contribution >= 4 is 0 Å². The number of hydrogen-bond acceptors (Lipinski definition) is 4. The van der Waals surface area contributed by atoms with Gasteiger partial charge in [-0.1, -0.05) is 0 Å². The van der Waals surface area contributed by atoms with Gasteiger partial charge in [-0.3, -0.25) is 4.90 Å². The van der Waals surface area contributed by atoms with Crippen molar-refractivity contribution in [2.24, 2.45) is 0 Å². The van der Waals surface area contributed by atoms with Crippen molar-refractivity contribution in [3.8, 4) is 0 Å². The molecule has 0 heterocycles. The zero-order chi connectivity index (χ0) is 7.82. The van der Waals surface area contributed by atoms with Crippen LogP contribution in [0.1, 0.15) is 0 Å². The van der Waals surface area contributed by atoms with Crippen molar-refractivity contribution in [2.45, 2.75) is 0 Å². The first kappa shape index (κ1) is 14.1. The van der Waals surface area contributed by atoms with Crippen molar-refractivity contribution in [1.29, 1.82) is 0 Å². The van der Waals surface area contributed by atoms with E-state index in [0.29, 0.717) is 19.6 Å². The summed E-state index contributed by atoms with van der Waals surface area (Å²) in [7, 11) is 0. The average Bonchev–Trinajstić information content (AvgIpc) is 1.90. The van der Waals surface area contributed by atoms with Crippen LogP contribution in [0.4, 0.5) is 0 Å². The van der Waals surface area contributed by atoms with E-state index in [1.54, 1.807) is 4.90 Å². The smallest absolute Gasteiger partial charge is 0.395 e. The van der Waals surface area contributed by atoms with E-state index in [-0.39, 0.29) is 41.5 Å². The second-order valence-corrected chi connectivity index (χ2v) is 2.01. The topological polar surface area (TPSA) is 63.9 Å². The van der Waals surface area contributed by atoms with Gasteiger partial charge in [-0.25, -0.2) is 0 Å². The zero-order valence-corrected chi connectivity index (χ0v) is 8.09. The Labute approximate surface area is 81.7 Å². The van der Waals surface area contributed by atoms with Gasteiger partial charge >= 0.3 is 21.7 Å². The summed E-state index contributed by atoms with van der Waals surface area (Å²) in [5.74, 6) is 0. The van der Waals surface area contributed by atoms with Crippen molar-refractivity contribution in [3.63, 3.8) is 0 Å². The maximum absolute atomic E-state index is 8.48. The fraction of sp³-hybridized carbons (Fsp3) is 1.00. The molecule has 0 saturated carbocycles. The van der Waals surface area contributed by atoms with Crippen LogP contribution in [0.3, 0.4) is 0 Å². The third kappa shape index (κ3) is 8.46. The van der Waals surface area contributed by atoms with E-state index in [9.17, 15) is 0 Å². The van der Waals surface area contributed by atoms with Crippen molar-refractivity contribution in [2.75, 3.05) is 39.5 Å². The minimum atomic E-state index is 0. The van der Waals surface area contributed by atoms with Crippen molar-refractivity contribution in [1.82, 2.24) is 4.90 Å². The standard InChI is InChI=1S/C6H15NO3.Ti/c8-4-1-7(2-5-9)3-6-10;/h8-10H,1-6H2;/q;+4. The van der Waals surface area contributed by atoms with Gasteiger partial charge in [0.1, 0.15) is 0 Å². The molecule has 0 rings (SSSR count). The molecule has 0 atom stereocenters. The average molecular weight is 197 g/mol. The van der Waals surface area contributed by atoms with Crippen molar-refractivity contribution < 1.29 is 37.0 Å². The fourth-order valence-corrected chi connectivity index (χ4v) is 0.760. The molecule has 0 radical (unpaired) electrons. The summed E-state index contributed by atoms with van der Waals surface area (Å²) < 4.78 is 0. The summed E-state index contributed by atoms with van der Waals surface area (Å²) >= 11 is 0. The van der Waals surface area contributed by atoms with E-state index < -0.39 is 0 Å². The fourth-order valence-electron chi connectivity index (χ4n) is 0.760. The molecule has 0 aliphatic heterocycles. The molecule has 0 spiro atoms. The van der Waals surface area contributed by atoms with Crippen LogP contribution >= 0.6 is 0 Å². The van der Waals surface area contributed by atoms with Crippen LogP contribution in [-0.2, 0) is 21.7 Å². The minimum absolute atomic E-state index is 0. The molecule has 0 amide bonds. The Morgan fingerprint density at radius 2 is 1.00 bits per heavy atom. The first-order chi connectivity index (χ1) is 4.85. The van der Waals surface area contributed by atoms with Crippen molar-refractivity contribution in [3.05, 3.63) is 0 Å². The first-order valence-corrected chi connectivity index (χ1v) is 3.40. The van der Waals surface area contributed by atoms with Crippen LogP contribution in [-0.4, -0.2) is 59.7 Å². The molecular weight excluding hydrogens is 182 g/mol. The minimum Gasteiger partial charge on any atom is -0.395 e. The predicted octanol–water partition coefficient (Wildman–Crippen LogP) is -1.74. The Balaban J connectivity index is 0. The third-order valence-electron chi connectivity index (χ3n) is 1.25. The predicted molar refractivity (Wildman–Crippen MR) is 37.7 cm³/mol. The van der Waals surface area contributed by atoms with Gasteiger partial charge in [-0.05, 0) is 0 Å². The van der Waals surface area contributed by atoms with Crippen LogP contribution in [0.5, 0.6) is 0 Å². The van der Waals surface area contributed by atoms with Gasteiger partial charge in [0, 0.05) is 19.6 Å². The van der Waals surface area contributed by atoms with Gasteiger partial charge < -0.3 is 15.3 Å². The number of nitrogens with zero attached hydrogens (tertiary/aromatic N) is 1. The molecule has 0 saturated heterocycles. The van der Waals surface area contributed by atoms with E-state index in [0.717, 1.165) is 0 Å². The largest absolute Gasteiger partial charge is 4.00 e. The molecule has 0 fully saturated rings. The molecule has 3 N–H and O–H groups in total. The summed E-state index contributed by atoms with van der Waals surface area (Å²) in [4.78, 5) is 1.79. The summed E-state index contributed by atoms with van der Waals surface area (Å²) in [6.07, 6.45) is 0. The normalized spacial score (nSPS) is 9.82. The molecule has 0 unspecified atom stereocenters. The Hall–Kier alpha value is 0.554. The van der Waals surface area contributed by atoms with Crippen LogP contribution in [0.2, 0.25) is 0 Å². The van der Waals surface area contributed by atoms with Crippen LogP contribution in [0, 0.1) is 0 Å². The van der Waals surface area contributed by atoms with E-state index >= 15 is 0 Å². The molecule has 0 aliphatic rings. The molecule has 5 heteroatoms. The maximum atomic E-state index is 8.48. The molecule has 0 aromatic carbocycles. The van der Waals surface area contributed by atoms with Gasteiger partial charge in [0.25, 0.3) is 0 Å². The molecule has 0 aromatic heterocycles. The Morgan fingerprint density at radius 3 is 1.18 bits per heavy atom. The van der Waals surface area contributed by atoms with E-state index in [1.165, 1.54) is 0 Å². The molecule has 62 valence electrons. The Morgan fingerprint density at radius 1 is 0.727 bits per heavy atom.